The van der Waals surface area contributed by atoms with E-state index in [0.29, 0.717) is 18.5 Å². The number of rotatable bonds is 5. The maximum Gasteiger partial charge on any atom is 0.303 e. The summed E-state index contributed by atoms with van der Waals surface area (Å²) in [5.41, 5.74) is 0. The van der Waals surface area contributed by atoms with Gasteiger partial charge in [0, 0.05) is 25.0 Å². The first kappa shape index (κ1) is 13.4. The zero-order valence-electron chi connectivity index (χ0n) is 11.9. The highest BCUT2D eigenvalue weighted by Gasteiger charge is 2.51. The molecular weight excluding hydrogens is 240 g/mol. The molecule has 108 valence electrons. The molecule has 3 atom stereocenters. The fraction of sp³-hybridized carbons (Fsp3) is 0.933. The van der Waals surface area contributed by atoms with Crippen LogP contribution in [0.5, 0.6) is 0 Å². The highest BCUT2D eigenvalue weighted by molar-refractivity contribution is 5.66. The zero-order valence-corrected chi connectivity index (χ0v) is 11.9. The van der Waals surface area contributed by atoms with Crippen LogP contribution in [0.4, 0.5) is 0 Å². The minimum Gasteiger partial charge on any atom is -0.481 e. The number of aliphatic carboxylic acids is 1. The monoisotopic (exact) mass is 266 g/mol. The average molecular weight is 266 g/mol. The van der Waals surface area contributed by atoms with E-state index in [9.17, 15) is 4.79 Å². The van der Waals surface area contributed by atoms with E-state index in [-0.39, 0.29) is 0 Å². The molecule has 0 radical (unpaired) electrons. The van der Waals surface area contributed by atoms with Crippen LogP contribution < -0.4 is 0 Å². The Morgan fingerprint density at radius 2 is 2.05 bits per heavy atom. The van der Waals surface area contributed by atoms with Crippen LogP contribution >= 0.6 is 0 Å². The van der Waals surface area contributed by atoms with Crippen LogP contribution in [0.2, 0.25) is 0 Å². The van der Waals surface area contributed by atoms with Crippen molar-refractivity contribution in [3.05, 3.63) is 0 Å². The topological polar surface area (TPSA) is 43.8 Å². The maximum atomic E-state index is 10.9. The Morgan fingerprint density at radius 3 is 2.68 bits per heavy atom. The number of carboxylic acids is 1. The minimum atomic E-state index is -0.643. The van der Waals surface area contributed by atoms with E-state index in [4.69, 9.17) is 5.11 Å². The van der Waals surface area contributed by atoms with Crippen molar-refractivity contribution in [3.8, 4) is 0 Å². The Balaban J connectivity index is 1.75. The van der Waals surface area contributed by atoms with E-state index in [1.807, 2.05) is 0 Å². The summed E-state index contributed by atoms with van der Waals surface area (Å²) in [5, 5.41) is 8.99. The molecule has 4 fully saturated rings. The van der Waals surface area contributed by atoms with Crippen molar-refractivity contribution in [2.75, 3.05) is 26.2 Å². The molecule has 0 aromatic heterocycles. The second-order valence-corrected chi connectivity index (χ2v) is 6.52. The predicted octanol–water partition coefficient (Wildman–Crippen LogP) is 1.66. The molecule has 0 amide bonds. The van der Waals surface area contributed by atoms with E-state index in [1.165, 1.54) is 38.9 Å². The summed E-state index contributed by atoms with van der Waals surface area (Å²) in [4.78, 5) is 16.2. The fourth-order valence-corrected chi connectivity index (χ4v) is 4.77. The van der Waals surface area contributed by atoms with E-state index in [0.717, 1.165) is 24.8 Å². The predicted molar refractivity (Wildman–Crippen MR) is 74.1 cm³/mol. The largest absolute Gasteiger partial charge is 0.481 e. The molecule has 4 heterocycles. The van der Waals surface area contributed by atoms with E-state index < -0.39 is 5.97 Å². The number of fused-ring (bicyclic) bond motifs is 2. The molecule has 4 saturated heterocycles. The van der Waals surface area contributed by atoms with Gasteiger partial charge in [-0.15, -0.1) is 0 Å². The molecule has 0 spiro atoms. The van der Waals surface area contributed by atoms with Gasteiger partial charge in [0.25, 0.3) is 0 Å². The molecule has 0 aliphatic carbocycles. The summed E-state index contributed by atoms with van der Waals surface area (Å²) in [6.07, 6.45) is 5.07. The molecule has 19 heavy (non-hydrogen) atoms. The lowest BCUT2D eigenvalue weighted by Gasteiger charge is -2.49. The lowest BCUT2D eigenvalue weighted by molar-refractivity contribution is -0.137. The smallest absolute Gasteiger partial charge is 0.303 e. The van der Waals surface area contributed by atoms with Crippen molar-refractivity contribution in [2.24, 2.45) is 11.8 Å². The van der Waals surface area contributed by atoms with Crippen molar-refractivity contribution < 1.29 is 9.90 Å². The zero-order chi connectivity index (χ0) is 13.4. The molecule has 0 saturated carbocycles. The van der Waals surface area contributed by atoms with E-state index >= 15 is 0 Å². The summed E-state index contributed by atoms with van der Waals surface area (Å²) >= 11 is 0. The molecule has 0 aromatic rings. The quantitative estimate of drug-likeness (QED) is 0.822. The van der Waals surface area contributed by atoms with Crippen LogP contribution in [0.15, 0.2) is 0 Å². The average Bonchev–Trinajstić information content (AvgIpc) is 2.78. The van der Waals surface area contributed by atoms with Gasteiger partial charge in [-0.05, 0) is 57.2 Å². The molecule has 0 aromatic carbocycles. The number of hydrogen-bond acceptors (Lipinski definition) is 3. The van der Waals surface area contributed by atoms with E-state index in [1.54, 1.807) is 0 Å². The lowest BCUT2D eigenvalue weighted by atomic mass is 9.73. The van der Waals surface area contributed by atoms with Gasteiger partial charge in [-0.2, -0.15) is 0 Å². The van der Waals surface area contributed by atoms with Crippen LogP contribution in [0.25, 0.3) is 0 Å². The summed E-state index contributed by atoms with van der Waals surface area (Å²) in [5.74, 6) is 1.08. The maximum absolute atomic E-state index is 10.9. The van der Waals surface area contributed by atoms with Gasteiger partial charge < -0.3 is 5.11 Å². The molecule has 4 nitrogen and oxygen atoms in total. The first-order valence-electron chi connectivity index (χ1n) is 7.90. The third-order valence-corrected chi connectivity index (χ3v) is 5.51. The summed E-state index contributed by atoms with van der Waals surface area (Å²) < 4.78 is 0. The highest BCUT2D eigenvalue weighted by atomic mass is 16.4. The van der Waals surface area contributed by atoms with Crippen molar-refractivity contribution in [1.29, 1.82) is 0 Å². The first-order chi connectivity index (χ1) is 9.20. The van der Waals surface area contributed by atoms with Crippen LogP contribution in [0.3, 0.4) is 0 Å². The normalized spacial score (nSPS) is 41.4. The summed E-state index contributed by atoms with van der Waals surface area (Å²) in [6, 6.07) is 1.14. The lowest BCUT2D eigenvalue weighted by Crippen LogP contribution is -2.57. The number of piperidine rings is 3. The number of hydrogen-bond donors (Lipinski definition) is 1. The van der Waals surface area contributed by atoms with E-state index in [2.05, 4.69) is 16.7 Å². The molecule has 4 aliphatic heterocycles. The molecule has 4 heteroatoms. The van der Waals surface area contributed by atoms with Crippen LogP contribution in [-0.2, 0) is 4.79 Å². The highest BCUT2D eigenvalue weighted by Crippen LogP contribution is 2.44. The minimum absolute atomic E-state index is 0.326. The second-order valence-electron chi connectivity index (χ2n) is 6.52. The number of carboxylic acid groups (broad SMARTS) is 1. The van der Waals surface area contributed by atoms with Gasteiger partial charge >= 0.3 is 5.97 Å². The van der Waals surface area contributed by atoms with Gasteiger partial charge in [0.15, 0.2) is 0 Å². The van der Waals surface area contributed by atoms with Gasteiger partial charge in [-0.25, -0.2) is 0 Å². The number of carbonyl (C=O) groups is 1. The van der Waals surface area contributed by atoms with Crippen molar-refractivity contribution >= 4 is 5.97 Å². The Hall–Kier alpha value is -0.610. The van der Waals surface area contributed by atoms with Crippen LogP contribution in [0, 0.1) is 11.8 Å². The van der Waals surface area contributed by atoms with Gasteiger partial charge in [0.2, 0.25) is 0 Å². The molecule has 1 N–H and O–H groups in total. The Bertz CT molecular complexity index is 339. The van der Waals surface area contributed by atoms with Crippen molar-refractivity contribution in [2.45, 2.75) is 51.1 Å². The first-order valence-corrected chi connectivity index (χ1v) is 7.90. The summed E-state index contributed by atoms with van der Waals surface area (Å²) in [7, 11) is 0. The van der Waals surface area contributed by atoms with Gasteiger partial charge in [-0.3, -0.25) is 14.6 Å². The molecule has 4 aliphatic rings. The number of nitrogens with zero attached hydrogens (tertiary/aromatic N) is 2. The van der Waals surface area contributed by atoms with Crippen molar-refractivity contribution in [3.63, 3.8) is 0 Å². The second kappa shape index (κ2) is 5.41. The van der Waals surface area contributed by atoms with Gasteiger partial charge in [0.1, 0.15) is 0 Å². The fourth-order valence-electron chi connectivity index (χ4n) is 4.77. The Labute approximate surface area is 115 Å². The van der Waals surface area contributed by atoms with Gasteiger partial charge in [-0.1, -0.05) is 6.92 Å². The van der Waals surface area contributed by atoms with Gasteiger partial charge in [0.05, 0.1) is 0 Å². The standard InChI is InChI=1S/C15H26N2O2/c1-2-7-17-10-12-11-5-8-16(9-6-11)15(12)13(17)3-4-14(18)19/h11-13,15H,2-10H2,1H3,(H,18,19). The van der Waals surface area contributed by atoms with Crippen LogP contribution in [0.1, 0.15) is 39.0 Å². The van der Waals surface area contributed by atoms with Crippen molar-refractivity contribution in [1.82, 2.24) is 9.80 Å². The third kappa shape index (κ3) is 2.40. The summed E-state index contributed by atoms with van der Waals surface area (Å²) in [6.45, 7) is 7.07. The molecule has 4 rings (SSSR count). The van der Waals surface area contributed by atoms with Crippen LogP contribution in [-0.4, -0.2) is 59.1 Å². The molecular formula is C15H26N2O2. The molecule has 3 unspecified atom stereocenters. The third-order valence-electron chi connectivity index (χ3n) is 5.51. The number of likely N-dealkylation sites (tertiary alicyclic amines) is 1. The SMILES string of the molecule is CCCN1CC2C3CCN(CC3)C2C1CCC(=O)O. The Kier molecular flexibility index (Phi) is 3.81. The molecule has 2 bridgehead atoms. The Morgan fingerprint density at radius 1 is 1.32 bits per heavy atom.